The minimum atomic E-state index is -1.29. The van der Waals surface area contributed by atoms with Crippen molar-refractivity contribution in [2.45, 2.75) is 6.92 Å². The molecule has 0 fully saturated rings. The normalized spacial score (nSPS) is 10.4. The van der Waals surface area contributed by atoms with Crippen LogP contribution in [0.4, 0.5) is 30.5 Å². The highest BCUT2D eigenvalue weighted by Crippen LogP contribution is 2.25. The lowest BCUT2D eigenvalue weighted by atomic mass is 10.2. The minimum absolute atomic E-state index is 0.187. The molecule has 0 amide bonds. The Bertz CT molecular complexity index is 618. The minimum Gasteiger partial charge on any atom is -0.337 e. The van der Waals surface area contributed by atoms with E-state index < -0.39 is 17.5 Å². The molecule has 0 aliphatic carbocycles. The zero-order valence-electron chi connectivity index (χ0n) is 9.84. The van der Waals surface area contributed by atoms with Crippen molar-refractivity contribution in [3.05, 3.63) is 41.5 Å². The third kappa shape index (κ3) is 2.58. The fraction of sp³-hybridized carbons (Fsp3) is 0.0909. The molecule has 2 aromatic rings. The smallest absolute Gasteiger partial charge is 0.182 e. The molecule has 19 heavy (non-hydrogen) atoms. The van der Waals surface area contributed by atoms with E-state index >= 15 is 0 Å². The van der Waals surface area contributed by atoms with Gasteiger partial charge in [0.1, 0.15) is 23.8 Å². The number of aromatic nitrogens is 2. The third-order valence-corrected chi connectivity index (χ3v) is 2.47. The summed E-state index contributed by atoms with van der Waals surface area (Å²) in [6.07, 6.45) is 1.18. The van der Waals surface area contributed by atoms with Gasteiger partial charge in [-0.2, -0.15) is 0 Å². The second-order valence-electron chi connectivity index (χ2n) is 3.71. The van der Waals surface area contributed by atoms with Crippen LogP contribution in [0.1, 0.15) is 5.56 Å². The van der Waals surface area contributed by atoms with Crippen molar-refractivity contribution >= 4 is 17.3 Å². The number of halogens is 3. The van der Waals surface area contributed by atoms with Gasteiger partial charge in [-0.1, -0.05) is 0 Å². The largest absolute Gasteiger partial charge is 0.337 e. The van der Waals surface area contributed by atoms with Crippen molar-refractivity contribution in [1.82, 2.24) is 9.97 Å². The topological polar surface area (TPSA) is 75.9 Å². The van der Waals surface area contributed by atoms with Crippen molar-refractivity contribution in [3.63, 3.8) is 0 Å². The fourth-order valence-corrected chi connectivity index (χ4v) is 1.50. The quantitative estimate of drug-likeness (QED) is 0.452. The number of hydrazine groups is 1. The average Bonchev–Trinajstić information content (AvgIpc) is 2.37. The Morgan fingerprint density at radius 2 is 1.79 bits per heavy atom. The molecular weight excluding hydrogens is 259 g/mol. The molecule has 100 valence electrons. The highest BCUT2D eigenvalue weighted by atomic mass is 19.2. The number of benzene rings is 1. The van der Waals surface area contributed by atoms with E-state index in [1.165, 1.54) is 6.33 Å². The van der Waals surface area contributed by atoms with Gasteiger partial charge >= 0.3 is 0 Å². The van der Waals surface area contributed by atoms with Crippen LogP contribution in [0.3, 0.4) is 0 Å². The van der Waals surface area contributed by atoms with Crippen molar-refractivity contribution in [2.75, 3.05) is 10.7 Å². The molecule has 0 radical (unpaired) electrons. The third-order valence-electron chi connectivity index (χ3n) is 2.47. The van der Waals surface area contributed by atoms with E-state index in [0.29, 0.717) is 17.4 Å². The molecule has 1 heterocycles. The van der Waals surface area contributed by atoms with E-state index in [-0.39, 0.29) is 11.5 Å². The van der Waals surface area contributed by atoms with Gasteiger partial charge in [-0.3, -0.25) is 0 Å². The zero-order valence-corrected chi connectivity index (χ0v) is 9.84. The summed E-state index contributed by atoms with van der Waals surface area (Å²) < 4.78 is 39.6. The first-order valence-electron chi connectivity index (χ1n) is 5.22. The molecule has 0 aliphatic heterocycles. The molecule has 0 aliphatic rings. The Kier molecular flexibility index (Phi) is 3.52. The molecule has 8 heteroatoms. The molecule has 0 spiro atoms. The predicted octanol–water partition coefficient (Wildman–Crippen LogP) is 2.23. The van der Waals surface area contributed by atoms with E-state index in [0.717, 1.165) is 6.07 Å². The maximum absolute atomic E-state index is 13.5. The van der Waals surface area contributed by atoms with Gasteiger partial charge in [0.05, 0.1) is 5.69 Å². The maximum Gasteiger partial charge on any atom is 0.182 e. The Morgan fingerprint density at radius 1 is 1.11 bits per heavy atom. The molecule has 4 N–H and O–H groups in total. The van der Waals surface area contributed by atoms with Crippen LogP contribution >= 0.6 is 0 Å². The number of hydrogen-bond donors (Lipinski definition) is 3. The number of rotatable bonds is 3. The standard InChI is InChI=1S/C11H10F3N5/c1-5-10(16-4-17-11(5)19-15)18-8-3-6(12)2-7(13)9(8)14/h2-4H,15H2,1H3,(H2,16,17,18,19). The van der Waals surface area contributed by atoms with Gasteiger partial charge < -0.3 is 10.7 Å². The highest BCUT2D eigenvalue weighted by molar-refractivity contribution is 5.64. The second-order valence-corrected chi connectivity index (χ2v) is 3.71. The summed E-state index contributed by atoms with van der Waals surface area (Å²) >= 11 is 0. The molecule has 0 saturated heterocycles. The lowest BCUT2D eigenvalue weighted by molar-refractivity contribution is 0.498. The van der Waals surface area contributed by atoms with Crippen molar-refractivity contribution < 1.29 is 13.2 Å². The molecule has 0 saturated carbocycles. The molecule has 0 atom stereocenters. The summed E-state index contributed by atoms with van der Waals surface area (Å²) in [4.78, 5) is 7.68. The van der Waals surface area contributed by atoms with Crippen LogP contribution in [-0.2, 0) is 0 Å². The van der Waals surface area contributed by atoms with Gasteiger partial charge in [0, 0.05) is 17.7 Å². The molecule has 1 aromatic carbocycles. The van der Waals surface area contributed by atoms with Crippen molar-refractivity contribution in [1.29, 1.82) is 0 Å². The monoisotopic (exact) mass is 269 g/mol. The number of hydrogen-bond acceptors (Lipinski definition) is 5. The van der Waals surface area contributed by atoms with Gasteiger partial charge in [-0.15, -0.1) is 0 Å². The number of nitrogens with one attached hydrogen (secondary N) is 2. The Balaban J connectivity index is 2.42. The van der Waals surface area contributed by atoms with Gasteiger partial charge in [-0.25, -0.2) is 29.0 Å². The second kappa shape index (κ2) is 5.11. The Hall–Kier alpha value is -2.35. The van der Waals surface area contributed by atoms with Crippen LogP contribution in [0.2, 0.25) is 0 Å². The molecule has 5 nitrogen and oxygen atoms in total. The summed E-state index contributed by atoms with van der Waals surface area (Å²) in [7, 11) is 0. The molecule has 0 bridgehead atoms. The summed E-state index contributed by atoms with van der Waals surface area (Å²) in [5, 5.41) is 2.50. The first-order chi connectivity index (χ1) is 9.02. The van der Waals surface area contributed by atoms with E-state index in [1.807, 2.05) is 0 Å². The fourth-order valence-electron chi connectivity index (χ4n) is 1.50. The Morgan fingerprint density at radius 3 is 2.47 bits per heavy atom. The van der Waals surface area contributed by atoms with Crippen molar-refractivity contribution in [2.24, 2.45) is 5.84 Å². The van der Waals surface area contributed by atoms with Crippen LogP contribution in [-0.4, -0.2) is 9.97 Å². The molecule has 0 unspecified atom stereocenters. The summed E-state index contributed by atoms with van der Waals surface area (Å²) in [6, 6.07) is 1.29. The van der Waals surface area contributed by atoms with Crippen LogP contribution < -0.4 is 16.6 Å². The molecular formula is C11H10F3N5. The van der Waals surface area contributed by atoms with Gasteiger partial charge in [0.15, 0.2) is 11.6 Å². The van der Waals surface area contributed by atoms with E-state index in [1.54, 1.807) is 6.92 Å². The Labute approximate surface area is 106 Å². The molecule has 2 rings (SSSR count). The number of nitrogens with two attached hydrogens (primary N) is 1. The number of nitrogen functional groups attached to an aromatic ring is 1. The van der Waals surface area contributed by atoms with Gasteiger partial charge in [-0.05, 0) is 6.92 Å². The lowest BCUT2D eigenvalue weighted by Gasteiger charge is -2.11. The van der Waals surface area contributed by atoms with E-state index in [4.69, 9.17) is 5.84 Å². The van der Waals surface area contributed by atoms with Crippen molar-refractivity contribution in [3.8, 4) is 0 Å². The SMILES string of the molecule is Cc1c(NN)ncnc1Nc1cc(F)cc(F)c1F. The first kappa shape index (κ1) is 13.1. The summed E-state index contributed by atoms with van der Waals surface area (Å²) in [6.45, 7) is 1.62. The summed E-state index contributed by atoms with van der Waals surface area (Å²) in [5.41, 5.74) is 2.45. The van der Waals surface area contributed by atoms with Crippen LogP contribution in [0.5, 0.6) is 0 Å². The maximum atomic E-state index is 13.5. The lowest BCUT2D eigenvalue weighted by Crippen LogP contribution is -2.12. The van der Waals surface area contributed by atoms with Gasteiger partial charge in [0.25, 0.3) is 0 Å². The van der Waals surface area contributed by atoms with E-state index in [9.17, 15) is 13.2 Å². The van der Waals surface area contributed by atoms with Gasteiger partial charge in [0.2, 0.25) is 0 Å². The van der Waals surface area contributed by atoms with E-state index in [2.05, 4.69) is 20.7 Å². The van der Waals surface area contributed by atoms with Crippen LogP contribution in [0.15, 0.2) is 18.5 Å². The first-order valence-corrected chi connectivity index (χ1v) is 5.22. The molecule has 1 aromatic heterocycles. The average molecular weight is 269 g/mol. The highest BCUT2D eigenvalue weighted by Gasteiger charge is 2.13. The van der Waals surface area contributed by atoms with Crippen LogP contribution in [0.25, 0.3) is 0 Å². The number of anilines is 3. The number of nitrogens with zero attached hydrogens (tertiary/aromatic N) is 2. The zero-order chi connectivity index (χ0) is 14.0. The van der Waals surface area contributed by atoms with Crippen LogP contribution in [0, 0.1) is 24.4 Å². The summed E-state index contributed by atoms with van der Waals surface area (Å²) in [5.74, 6) is 2.35. The predicted molar refractivity (Wildman–Crippen MR) is 64.2 cm³/mol.